The molecule has 8 heteroatoms. The highest BCUT2D eigenvalue weighted by atomic mass is 127. The molecule has 2 amide bonds. The number of carbonyl (C=O) groups is 2. The van der Waals surface area contributed by atoms with E-state index in [2.05, 4.69) is 48.5 Å². The third kappa shape index (κ3) is 5.18. The third-order valence-corrected chi connectivity index (χ3v) is 6.42. The van der Waals surface area contributed by atoms with Crippen LogP contribution in [-0.2, 0) is 14.3 Å². The first-order chi connectivity index (χ1) is 13.8. The molecule has 3 rings (SSSR count). The van der Waals surface area contributed by atoms with Gasteiger partial charge in [-0.2, -0.15) is 0 Å². The van der Waals surface area contributed by atoms with Crippen molar-refractivity contribution in [1.29, 1.82) is 0 Å². The van der Waals surface area contributed by atoms with Crippen LogP contribution in [0.3, 0.4) is 0 Å². The van der Waals surface area contributed by atoms with Crippen molar-refractivity contribution < 1.29 is 14.3 Å². The number of likely N-dealkylation sites (tertiary alicyclic amines) is 1. The van der Waals surface area contributed by atoms with E-state index in [1.165, 1.54) is 4.90 Å². The van der Waals surface area contributed by atoms with Crippen LogP contribution in [0, 0.1) is 29.1 Å². The summed E-state index contributed by atoms with van der Waals surface area (Å²) >= 11 is 0. The lowest BCUT2D eigenvalue weighted by atomic mass is 9.85. The minimum Gasteiger partial charge on any atom is -0.379 e. The van der Waals surface area contributed by atoms with Gasteiger partial charge in [-0.3, -0.25) is 19.5 Å². The maximum atomic E-state index is 12.7. The molecule has 3 aliphatic rings. The second-order valence-corrected chi connectivity index (χ2v) is 9.42. The fraction of sp³-hybridized carbons (Fsp3) is 0.773. The van der Waals surface area contributed by atoms with Crippen LogP contribution in [0.4, 0.5) is 0 Å². The summed E-state index contributed by atoms with van der Waals surface area (Å²) in [4.78, 5) is 31.6. The van der Waals surface area contributed by atoms with E-state index in [0.717, 1.165) is 18.9 Å². The van der Waals surface area contributed by atoms with Gasteiger partial charge in [0.15, 0.2) is 5.96 Å². The van der Waals surface area contributed by atoms with Crippen molar-refractivity contribution in [3.63, 3.8) is 0 Å². The summed E-state index contributed by atoms with van der Waals surface area (Å²) in [6, 6.07) is 0. The lowest BCUT2D eigenvalue weighted by molar-refractivity contribution is -0.140. The van der Waals surface area contributed by atoms with Gasteiger partial charge in [0, 0.05) is 26.7 Å². The topological polar surface area (TPSA) is 83.0 Å². The van der Waals surface area contributed by atoms with Gasteiger partial charge in [-0.25, -0.2) is 0 Å². The number of methoxy groups -OCH3 is 1. The third-order valence-electron chi connectivity index (χ3n) is 6.42. The van der Waals surface area contributed by atoms with Crippen molar-refractivity contribution in [2.75, 3.05) is 33.3 Å². The monoisotopic (exact) mass is 532 g/mol. The van der Waals surface area contributed by atoms with Crippen LogP contribution in [-0.4, -0.2) is 62.1 Å². The molecule has 2 fully saturated rings. The SMILES string of the molecule is CCNC(=NCC(OC)C(C)(C)C)NCCCN1C(=O)C2C3C=CC(C3)C2C1=O.I. The minimum atomic E-state index is -0.104. The molecule has 0 aromatic heterocycles. The Morgan fingerprint density at radius 1 is 1.20 bits per heavy atom. The Labute approximate surface area is 197 Å². The van der Waals surface area contributed by atoms with Crippen LogP contribution in [0.2, 0.25) is 0 Å². The lowest BCUT2D eigenvalue weighted by Crippen LogP contribution is -2.41. The second-order valence-electron chi connectivity index (χ2n) is 9.42. The van der Waals surface area contributed by atoms with Gasteiger partial charge in [0.2, 0.25) is 11.8 Å². The Kier molecular flexibility index (Phi) is 8.73. The van der Waals surface area contributed by atoms with E-state index in [4.69, 9.17) is 4.74 Å². The number of fused-ring (bicyclic) bond motifs is 5. The molecule has 0 aromatic rings. The average Bonchev–Trinajstić information content (AvgIpc) is 3.33. The van der Waals surface area contributed by atoms with Gasteiger partial charge in [-0.1, -0.05) is 32.9 Å². The number of aliphatic imine (C=N–C) groups is 1. The van der Waals surface area contributed by atoms with Crippen LogP contribution in [0.25, 0.3) is 0 Å². The second kappa shape index (κ2) is 10.4. The van der Waals surface area contributed by atoms with Gasteiger partial charge >= 0.3 is 0 Å². The number of allylic oxidation sites excluding steroid dienone is 2. The molecule has 5 atom stereocenters. The van der Waals surface area contributed by atoms with E-state index in [0.29, 0.717) is 26.1 Å². The minimum absolute atomic E-state index is 0. The molecule has 1 saturated carbocycles. The van der Waals surface area contributed by atoms with E-state index in [1.54, 1.807) is 7.11 Å². The first-order valence-corrected chi connectivity index (χ1v) is 10.9. The van der Waals surface area contributed by atoms with E-state index < -0.39 is 0 Å². The van der Waals surface area contributed by atoms with Crippen molar-refractivity contribution >= 4 is 41.8 Å². The molecule has 1 saturated heterocycles. The lowest BCUT2D eigenvalue weighted by Gasteiger charge is -2.28. The van der Waals surface area contributed by atoms with E-state index in [-0.39, 0.29) is 71.0 Å². The molecule has 0 spiro atoms. The fourth-order valence-corrected chi connectivity index (χ4v) is 4.85. The number of nitrogens with one attached hydrogen (secondary N) is 2. The molecule has 0 aromatic carbocycles. The highest BCUT2D eigenvalue weighted by Crippen LogP contribution is 2.52. The van der Waals surface area contributed by atoms with Crippen molar-refractivity contribution in [2.24, 2.45) is 34.1 Å². The zero-order valence-electron chi connectivity index (χ0n) is 18.8. The molecular weight excluding hydrogens is 495 g/mol. The number of nitrogens with zero attached hydrogens (tertiary/aromatic N) is 2. The van der Waals surface area contributed by atoms with E-state index >= 15 is 0 Å². The number of guanidine groups is 1. The largest absolute Gasteiger partial charge is 0.379 e. The van der Waals surface area contributed by atoms with Gasteiger partial charge in [0.1, 0.15) is 0 Å². The summed E-state index contributed by atoms with van der Waals surface area (Å²) in [7, 11) is 1.72. The molecule has 0 radical (unpaired) electrons. The number of amides is 2. The number of halogens is 1. The summed E-state index contributed by atoms with van der Waals surface area (Å²) < 4.78 is 5.57. The summed E-state index contributed by atoms with van der Waals surface area (Å²) in [5.74, 6) is 1.13. The molecule has 2 aliphatic carbocycles. The van der Waals surface area contributed by atoms with Crippen LogP contribution in [0.1, 0.15) is 40.5 Å². The Hall–Kier alpha value is -1.16. The zero-order valence-corrected chi connectivity index (χ0v) is 21.1. The summed E-state index contributed by atoms with van der Waals surface area (Å²) in [6.07, 6.45) is 5.97. The van der Waals surface area contributed by atoms with E-state index in [1.807, 2.05) is 6.92 Å². The maximum absolute atomic E-state index is 12.7. The quantitative estimate of drug-likeness (QED) is 0.125. The van der Waals surface area contributed by atoms with Gasteiger partial charge < -0.3 is 15.4 Å². The summed E-state index contributed by atoms with van der Waals surface area (Å²) in [5, 5.41) is 6.55. The van der Waals surface area contributed by atoms with Crippen LogP contribution in [0.15, 0.2) is 17.1 Å². The predicted molar refractivity (Wildman–Crippen MR) is 129 cm³/mol. The van der Waals surface area contributed by atoms with Gasteiger partial charge in [-0.15, -0.1) is 24.0 Å². The van der Waals surface area contributed by atoms with Crippen molar-refractivity contribution in [3.05, 3.63) is 12.2 Å². The zero-order chi connectivity index (χ0) is 21.2. The van der Waals surface area contributed by atoms with Crippen LogP contribution in [0.5, 0.6) is 0 Å². The number of hydrogen-bond acceptors (Lipinski definition) is 4. The molecule has 1 aliphatic heterocycles. The highest BCUT2D eigenvalue weighted by Gasteiger charge is 2.58. The molecule has 2 N–H and O–H groups in total. The average molecular weight is 532 g/mol. The van der Waals surface area contributed by atoms with Crippen molar-refractivity contribution in [2.45, 2.75) is 46.6 Å². The number of rotatable bonds is 8. The number of hydrogen-bond donors (Lipinski definition) is 2. The Morgan fingerprint density at radius 2 is 1.80 bits per heavy atom. The molecule has 1 heterocycles. The Morgan fingerprint density at radius 3 is 2.30 bits per heavy atom. The number of carbonyl (C=O) groups excluding carboxylic acids is 2. The number of imide groups is 1. The van der Waals surface area contributed by atoms with Crippen molar-refractivity contribution in [3.8, 4) is 0 Å². The number of ether oxygens (including phenoxy) is 1. The first-order valence-electron chi connectivity index (χ1n) is 10.9. The molecule has 30 heavy (non-hydrogen) atoms. The van der Waals surface area contributed by atoms with Crippen LogP contribution >= 0.6 is 24.0 Å². The molecule has 7 nitrogen and oxygen atoms in total. The molecule has 170 valence electrons. The van der Waals surface area contributed by atoms with Gasteiger partial charge in [-0.05, 0) is 37.0 Å². The predicted octanol–water partition coefficient (Wildman–Crippen LogP) is 2.42. The highest BCUT2D eigenvalue weighted by molar-refractivity contribution is 14.0. The molecule has 5 unspecified atom stereocenters. The summed E-state index contributed by atoms with van der Waals surface area (Å²) in [6.45, 7) is 10.9. The first kappa shape index (κ1) is 25.1. The Balaban J connectivity index is 0.00000320. The maximum Gasteiger partial charge on any atom is 0.233 e. The van der Waals surface area contributed by atoms with Gasteiger partial charge in [0.05, 0.1) is 24.5 Å². The van der Waals surface area contributed by atoms with Crippen LogP contribution < -0.4 is 10.6 Å². The Bertz CT molecular complexity index is 658. The standard InChI is InChI=1S/C22H36N4O3.HI/c1-6-23-21(25-13-16(29-5)22(2,3)4)24-10-7-11-26-19(27)17-14-8-9-15(12-14)18(17)20(26)28;/h8-9,14-18H,6-7,10-13H2,1-5H3,(H2,23,24,25);1H. The van der Waals surface area contributed by atoms with Crippen molar-refractivity contribution in [1.82, 2.24) is 15.5 Å². The smallest absolute Gasteiger partial charge is 0.233 e. The normalized spacial score (nSPS) is 28.6. The fourth-order valence-electron chi connectivity index (χ4n) is 4.85. The molecular formula is C22H37IN4O3. The van der Waals surface area contributed by atoms with E-state index in [9.17, 15) is 9.59 Å². The van der Waals surface area contributed by atoms with Gasteiger partial charge in [0.25, 0.3) is 0 Å². The summed E-state index contributed by atoms with van der Waals surface area (Å²) in [5.41, 5.74) is 0.0123. The molecule has 2 bridgehead atoms.